The number of nitrogens with one attached hydrogen (secondary N) is 1. The van der Waals surface area contributed by atoms with E-state index in [9.17, 15) is 4.79 Å². The number of hydrogen-bond acceptors (Lipinski definition) is 3. The lowest BCUT2D eigenvalue weighted by molar-refractivity contribution is -0.121. The van der Waals surface area contributed by atoms with Crippen LogP contribution in [0.2, 0.25) is 5.02 Å². The average molecular weight is 283 g/mol. The molecule has 1 saturated heterocycles. The summed E-state index contributed by atoms with van der Waals surface area (Å²) in [5, 5.41) is 3.42. The van der Waals surface area contributed by atoms with Crippen molar-refractivity contribution in [1.82, 2.24) is 4.90 Å². The van der Waals surface area contributed by atoms with Gasteiger partial charge in [0.1, 0.15) is 5.75 Å². The molecule has 1 aliphatic heterocycles. The first kappa shape index (κ1) is 14.2. The lowest BCUT2D eigenvalue weighted by Gasteiger charge is -2.28. The van der Waals surface area contributed by atoms with Crippen LogP contribution < -0.4 is 10.1 Å². The number of likely N-dealkylation sites (tertiary alicyclic amines) is 1. The quantitative estimate of drug-likeness (QED) is 0.927. The van der Waals surface area contributed by atoms with Gasteiger partial charge in [0.25, 0.3) is 0 Å². The van der Waals surface area contributed by atoms with E-state index in [2.05, 4.69) is 10.2 Å². The van der Waals surface area contributed by atoms with E-state index in [0.717, 1.165) is 25.9 Å². The largest absolute Gasteiger partial charge is 0.495 e. The van der Waals surface area contributed by atoms with Crippen molar-refractivity contribution in [1.29, 1.82) is 0 Å². The van der Waals surface area contributed by atoms with Crippen molar-refractivity contribution >= 4 is 23.2 Å². The number of halogens is 1. The lowest BCUT2D eigenvalue weighted by atomic mass is 9.97. The number of rotatable bonds is 3. The van der Waals surface area contributed by atoms with Crippen LogP contribution in [-0.4, -0.2) is 38.1 Å². The molecule has 4 nitrogen and oxygen atoms in total. The van der Waals surface area contributed by atoms with Crippen molar-refractivity contribution in [3.8, 4) is 5.75 Å². The minimum Gasteiger partial charge on any atom is -0.495 e. The molecule has 1 amide bonds. The highest BCUT2D eigenvalue weighted by molar-refractivity contribution is 6.32. The molecule has 1 fully saturated rings. The maximum absolute atomic E-state index is 12.2. The second kappa shape index (κ2) is 6.26. The number of nitrogens with zero attached hydrogens (tertiary/aromatic N) is 1. The highest BCUT2D eigenvalue weighted by Crippen LogP contribution is 2.27. The zero-order valence-electron chi connectivity index (χ0n) is 11.3. The Balaban J connectivity index is 2.00. The zero-order chi connectivity index (χ0) is 13.8. The molecule has 0 spiro atoms. The third-order valence-corrected chi connectivity index (χ3v) is 3.71. The lowest BCUT2D eigenvalue weighted by Crippen LogP contribution is -2.38. The van der Waals surface area contributed by atoms with E-state index in [1.165, 1.54) is 0 Å². The zero-order valence-corrected chi connectivity index (χ0v) is 12.0. The number of ether oxygens (including phenoxy) is 1. The molecule has 1 atom stereocenters. The topological polar surface area (TPSA) is 41.6 Å². The van der Waals surface area contributed by atoms with Gasteiger partial charge in [-0.25, -0.2) is 0 Å². The van der Waals surface area contributed by atoms with E-state index in [4.69, 9.17) is 16.3 Å². The molecule has 0 unspecified atom stereocenters. The minimum absolute atomic E-state index is 0.0552. The molecule has 0 aromatic heterocycles. The van der Waals surface area contributed by atoms with E-state index in [1.54, 1.807) is 25.3 Å². The second-order valence-electron chi connectivity index (χ2n) is 4.94. The highest BCUT2D eigenvalue weighted by atomic mass is 35.5. The molecule has 1 N–H and O–H groups in total. The van der Waals surface area contributed by atoms with Gasteiger partial charge in [0.15, 0.2) is 0 Å². The maximum atomic E-state index is 12.2. The summed E-state index contributed by atoms with van der Waals surface area (Å²) < 4.78 is 5.08. The Morgan fingerprint density at radius 3 is 2.95 bits per heavy atom. The van der Waals surface area contributed by atoms with Crippen molar-refractivity contribution in [3.05, 3.63) is 23.2 Å². The van der Waals surface area contributed by atoms with Crippen molar-refractivity contribution in [2.75, 3.05) is 32.6 Å². The second-order valence-corrected chi connectivity index (χ2v) is 5.35. The van der Waals surface area contributed by atoms with E-state index < -0.39 is 0 Å². The average Bonchev–Trinajstić information content (AvgIpc) is 2.39. The van der Waals surface area contributed by atoms with Crippen molar-refractivity contribution < 1.29 is 9.53 Å². The Morgan fingerprint density at radius 2 is 2.32 bits per heavy atom. The number of piperidine rings is 1. The highest BCUT2D eigenvalue weighted by Gasteiger charge is 2.23. The maximum Gasteiger partial charge on any atom is 0.228 e. The van der Waals surface area contributed by atoms with Crippen LogP contribution in [0.5, 0.6) is 5.75 Å². The summed E-state index contributed by atoms with van der Waals surface area (Å²) >= 11 is 6.04. The van der Waals surface area contributed by atoms with Gasteiger partial charge in [0.05, 0.1) is 18.1 Å². The molecule has 104 valence electrons. The first-order valence-electron chi connectivity index (χ1n) is 6.43. The summed E-state index contributed by atoms with van der Waals surface area (Å²) in [7, 11) is 3.61. The molecular formula is C14H19ClN2O2. The fourth-order valence-electron chi connectivity index (χ4n) is 2.37. The van der Waals surface area contributed by atoms with Crippen LogP contribution in [0, 0.1) is 5.92 Å². The summed E-state index contributed by atoms with van der Waals surface area (Å²) in [6.07, 6.45) is 2.01. The number of hydrogen-bond donors (Lipinski definition) is 1. The first-order chi connectivity index (χ1) is 9.10. The molecular weight excluding hydrogens is 264 g/mol. The molecule has 0 aliphatic carbocycles. The fraction of sp³-hybridized carbons (Fsp3) is 0.500. The smallest absolute Gasteiger partial charge is 0.228 e. The Bertz CT molecular complexity index is 465. The van der Waals surface area contributed by atoms with Gasteiger partial charge in [-0.3, -0.25) is 4.79 Å². The number of methoxy groups -OCH3 is 1. The Labute approximate surface area is 118 Å². The SMILES string of the molecule is COc1ccc(NC(=O)[C@H]2CCCN(C)C2)cc1Cl. The molecule has 0 saturated carbocycles. The normalized spacial score (nSPS) is 20.1. The monoisotopic (exact) mass is 282 g/mol. The number of anilines is 1. The van der Waals surface area contributed by atoms with Crippen molar-refractivity contribution in [2.45, 2.75) is 12.8 Å². The van der Waals surface area contributed by atoms with Gasteiger partial charge in [0, 0.05) is 12.2 Å². The number of carbonyl (C=O) groups is 1. The standard InChI is InChI=1S/C14H19ClN2O2/c1-17-7-3-4-10(9-17)14(18)16-11-5-6-13(19-2)12(15)8-11/h5-6,8,10H,3-4,7,9H2,1-2H3,(H,16,18)/t10-/m0/s1. The van der Waals surface area contributed by atoms with Gasteiger partial charge in [0.2, 0.25) is 5.91 Å². The van der Waals surface area contributed by atoms with Crippen LogP contribution in [-0.2, 0) is 4.79 Å². The van der Waals surface area contributed by atoms with Gasteiger partial charge >= 0.3 is 0 Å². The van der Waals surface area contributed by atoms with Crippen LogP contribution in [0.4, 0.5) is 5.69 Å². The van der Waals surface area contributed by atoms with Gasteiger partial charge in [-0.05, 0) is 44.6 Å². The fourth-order valence-corrected chi connectivity index (χ4v) is 2.63. The summed E-state index contributed by atoms with van der Waals surface area (Å²) in [6.45, 7) is 1.88. The molecule has 19 heavy (non-hydrogen) atoms. The van der Waals surface area contributed by atoms with Crippen molar-refractivity contribution in [3.63, 3.8) is 0 Å². The predicted octanol–water partition coefficient (Wildman–Crippen LogP) is 2.63. The van der Waals surface area contributed by atoms with Crippen LogP contribution in [0.3, 0.4) is 0 Å². The Kier molecular flexibility index (Phi) is 4.66. The van der Waals surface area contributed by atoms with Crippen LogP contribution in [0.15, 0.2) is 18.2 Å². The molecule has 1 aliphatic rings. The third kappa shape index (κ3) is 3.61. The molecule has 1 aromatic rings. The predicted molar refractivity (Wildman–Crippen MR) is 76.9 cm³/mol. The van der Waals surface area contributed by atoms with Crippen molar-refractivity contribution in [2.24, 2.45) is 5.92 Å². The summed E-state index contributed by atoms with van der Waals surface area (Å²) in [5.41, 5.74) is 0.712. The number of carbonyl (C=O) groups excluding carboxylic acids is 1. The van der Waals surface area contributed by atoms with E-state index in [-0.39, 0.29) is 11.8 Å². The number of amides is 1. The summed E-state index contributed by atoms with van der Waals surface area (Å²) in [6, 6.07) is 5.27. The molecule has 2 rings (SSSR count). The summed E-state index contributed by atoms with van der Waals surface area (Å²) in [4.78, 5) is 14.4. The van der Waals surface area contributed by atoms with Gasteiger partial charge in [-0.15, -0.1) is 0 Å². The Morgan fingerprint density at radius 1 is 1.53 bits per heavy atom. The van der Waals surface area contributed by atoms with E-state index in [1.807, 2.05) is 7.05 Å². The molecule has 1 aromatic carbocycles. The number of benzene rings is 1. The van der Waals surface area contributed by atoms with E-state index >= 15 is 0 Å². The molecule has 0 radical (unpaired) electrons. The van der Waals surface area contributed by atoms with Gasteiger partial charge in [-0.1, -0.05) is 11.6 Å². The molecule has 5 heteroatoms. The van der Waals surface area contributed by atoms with Crippen LogP contribution >= 0.6 is 11.6 Å². The Hall–Kier alpha value is -1.26. The third-order valence-electron chi connectivity index (χ3n) is 3.41. The van der Waals surface area contributed by atoms with Crippen LogP contribution in [0.1, 0.15) is 12.8 Å². The van der Waals surface area contributed by atoms with E-state index in [0.29, 0.717) is 16.5 Å². The molecule has 1 heterocycles. The van der Waals surface area contributed by atoms with Crippen LogP contribution in [0.25, 0.3) is 0 Å². The minimum atomic E-state index is 0.0552. The molecule has 0 bridgehead atoms. The summed E-state index contributed by atoms with van der Waals surface area (Å²) in [5.74, 6) is 0.726. The van der Waals surface area contributed by atoms with Gasteiger partial charge < -0.3 is 15.0 Å². The van der Waals surface area contributed by atoms with Gasteiger partial charge in [-0.2, -0.15) is 0 Å². The first-order valence-corrected chi connectivity index (χ1v) is 6.81.